The molecule has 0 aromatic carbocycles. The topological polar surface area (TPSA) is 22.0 Å². The number of rotatable bonds is 1. The van der Waals surface area contributed by atoms with E-state index >= 15 is 0 Å². The summed E-state index contributed by atoms with van der Waals surface area (Å²) < 4.78 is 2.03. The minimum absolute atomic E-state index is 0.896. The van der Waals surface area contributed by atoms with E-state index in [1.165, 1.54) is 29.7 Å². The maximum Gasteiger partial charge on any atom is 0.166 e. The van der Waals surface area contributed by atoms with E-state index < -0.39 is 0 Å². The van der Waals surface area contributed by atoms with E-state index in [1.54, 1.807) is 0 Å². The van der Waals surface area contributed by atoms with Crippen LogP contribution < -0.4 is 0 Å². The van der Waals surface area contributed by atoms with Gasteiger partial charge in [0.25, 0.3) is 0 Å². The van der Waals surface area contributed by atoms with Crippen LogP contribution >= 0.6 is 0 Å². The Morgan fingerprint density at radius 3 is 2.46 bits per heavy atom. The van der Waals surface area contributed by atoms with Crippen LogP contribution in [0.4, 0.5) is 0 Å². The number of fused-ring (bicyclic) bond motifs is 1. The van der Waals surface area contributed by atoms with E-state index in [9.17, 15) is 4.79 Å². The second-order valence-corrected chi connectivity index (χ2v) is 3.81. The molecule has 0 spiro atoms. The van der Waals surface area contributed by atoms with E-state index in [2.05, 4.69) is 6.92 Å². The molecule has 0 atom stereocenters. The van der Waals surface area contributed by atoms with E-state index in [-0.39, 0.29) is 0 Å². The van der Waals surface area contributed by atoms with Gasteiger partial charge in [-0.1, -0.05) is 0 Å². The molecule has 2 nitrogen and oxygen atoms in total. The van der Waals surface area contributed by atoms with E-state index in [0.717, 1.165) is 24.8 Å². The molecule has 0 unspecified atom stereocenters. The first-order valence-electron chi connectivity index (χ1n) is 4.88. The van der Waals surface area contributed by atoms with Crippen LogP contribution in [-0.2, 0) is 19.9 Å². The fourth-order valence-corrected chi connectivity index (χ4v) is 2.32. The molecule has 0 saturated carbocycles. The second kappa shape index (κ2) is 3.02. The van der Waals surface area contributed by atoms with Crippen molar-refractivity contribution in [3.05, 3.63) is 22.5 Å². The Morgan fingerprint density at radius 1 is 1.23 bits per heavy atom. The lowest BCUT2D eigenvalue weighted by Crippen LogP contribution is -2.02. The van der Waals surface area contributed by atoms with Crippen molar-refractivity contribution in [3.8, 4) is 0 Å². The minimum atomic E-state index is 0.896. The number of carbonyl (C=O) groups excluding carboxylic acids is 1. The lowest BCUT2D eigenvalue weighted by atomic mass is 9.92. The minimum Gasteiger partial charge on any atom is -0.345 e. The fourth-order valence-electron chi connectivity index (χ4n) is 2.32. The van der Waals surface area contributed by atoms with E-state index in [0.29, 0.717) is 0 Å². The van der Waals surface area contributed by atoms with Crippen LogP contribution in [0.1, 0.15) is 40.2 Å². The van der Waals surface area contributed by atoms with Crippen LogP contribution in [0.5, 0.6) is 0 Å². The predicted molar refractivity (Wildman–Crippen MR) is 52.2 cm³/mol. The largest absolute Gasteiger partial charge is 0.345 e. The number of carbonyl (C=O) groups is 1. The van der Waals surface area contributed by atoms with Gasteiger partial charge in [0.2, 0.25) is 0 Å². The molecule has 1 aromatic heterocycles. The summed E-state index contributed by atoms with van der Waals surface area (Å²) >= 11 is 0. The van der Waals surface area contributed by atoms with Crippen LogP contribution in [0.2, 0.25) is 0 Å². The highest BCUT2D eigenvalue weighted by Gasteiger charge is 2.19. The Kier molecular flexibility index (Phi) is 1.98. The normalized spacial score (nSPS) is 15.5. The molecule has 0 saturated heterocycles. The zero-order valence-corrected chi connectivity index (χ0v) is 8.26. The number of nitrogens with zero attached hydrogens (tertiary/aromatic N) is 1. The fraction of sp³-hybridized carbons (Fsp3) is 0.545. The van der Waals surface area contributed by atoms with Crippen molar-refractivity contribution in [2.45, 2.75) is 32.6 Å². The van der Waals surface area contributed by atoms with Crippen molar-refractivity contribution >= 4 is 6.29 Å². The maximum absolute atomic E-state index is 10.9. The SMILES string of the molecule is Cc1c2c(c(C=O)n1C)CCCC2. The van der Waals surface area contributed by atoms with Gasteiger partial charge in [0, 0.05) is 12.7 Å². The molecular weight excluding hydrogens is 162 g/mol. The summed E-state index contributed by atoms with van der Waals surface area (Å²) in [6, 6.07) is 0. The summed E-state index contributed by atoms with van der Waals surface area (Å²) in [5.74, 6) is 0. The van der Waals surface area contributed by atoms with E-state index in [4.69, 9.17) is 0 Å². The first kappa shape index (κ1) is 8.54. The van der Waals surface area contributed by atoms with Gasteiger partial charge in [0.15, 0.2) is 6.29 Å². The Balaban J connectivity index is 2.63. The number of aromatic nitrogens is 1. The van der Waals surface area contributed by atoms with Crippen LogP contribution in [0.3, 0.4) is 0 Å². The summed E-state index contributed by atoms with van der Waals surface area (Å²) in [6.07, 6.45) is 5.75. The zero-order valence-electron chi connectivity index (χ0n) is 8.26. The molecule has 0 amide bonds. The summed E-state index contributed by atoms with van der Waals surface area (Å²) in [6.45, 7) is 2.11. The lowest BCUT2D eigenvalue weighted by Gasteiger charge is -2.11. The maximum atomic E-state index is 10.9. The molecule has 0 fully saturated rings. The smallest absolute Gasteiger partial charge is 0.166 e. The summed E-state index contributed by atoms with van der Waals surface area (Å²) in [7, 11) is 1.98. The van der Waals surface area contributed by atoms with Crippen molar-refractivity contribution < 1.29 is 4.79 Å². The van der Waals surface area contributed by atoms with Gasteiger partial charge in [0.1, 0.15) is 0 Å². The first-order valence-corrected chi connectivity index (χ1v) is 4.88. The van der Waals surface area contributed by atoms with Crippen LogP contribution in [0, 0.1) is 6.92 Å². The Bertz CT molecular complexity index is 349. The first-order chi connectivity index (χ1) is 6.25. The van der Waals surface area contributed by atoms with Crippen LogP contribution in [-0.4, -0.2) is 10.9 Å². The molecule has 0 N–H and O–H groups in total. The van der Waals surface area contributed by atoms with Crippen LogP contribution in [0.15, 0.2) is 0 Å². The number of hydrogen-bond donors (Lipinski definition) is 0. The highest BCUT2D eigenvalue weighted by atomic mass is 16.1. The highest BCUT2D eigenvalue weighted by molar-refractivity contribution is 5.77. The predicted octanol–water partition coefficient (Wildman–Crippen LogP) is 2.02. The standard InChI is InChI=1S/C11H15NO/c1-8-9-5-3-4-6-10(9)11(7-13)12(8)2/h7H,3-6H2,1-2H3. The zero-order chi connectivity index (χ0) is 9.42. The molecule has 0 aliphatic heterocycles. The summed E-state index contributed by atoms with van der Waals surface area (Å²) in [5.41, 5.74) is 4.90. The van der Waals surface area contributed by atoms with Gasteiger partial charge in [0.05, 0.1) is 5.69 Å². The lowest BCUT2D eigenvalue weighted by molar-refractivity contribution is 0.111. The van der Waals surface area contributed by atoms with Crippen molar-refractivity contribution in [3.63, 3.8) is 0 Å². The summed E-state index contributed by atoms with van der Waals surface area (Å²) in [5, 5.41) is 0. The molecule has 0 radical (unpaired) electrons. The monoisotopic (exact) mass is 177 g/mol. The van der Waals surface area contributed by atoms with Gasteiger partial charge in [-0.05, 0) is 43.7 Å². The number of hydrogen-bond acceptors (Lipinski definition) is 1. The second-order valence-electron chi connectivity index (χ2n) is 3.81. The molecule has 0 bridgehead atoms. The van der Waals surface area contributed by atoms with E-state index in [1.807, 2.05) is 11.6 Å². The molecule has 1 aliphatic rings. The van der Waals surface area contributed by atoms with Crippen molar-refractivity contribution in [1.29, 1.82) is 0 Å². The van der Waals surface area contributed by atoms with Gasteiger partial charge in [-0.3, -0.25) is 4.79 Å². The quantitative estimate of drug-likeness (QED) is 0.601. The Morgan fingerprint density at radius 2 is 1.85 bits per heavy atom. The van der Waals surface area contributed by atoms with Gasteiger partial charge in [-0.25, -0.2) is 0 Å². The molecule has 1 aliphatic carbocycles. The van der Waals surface area contributed by atoms with Crippen molar-refractivity contribution in [2.24, 2.45) is 7.05 Å². The summed E-state index contributed by atoms with van der Waals surface area (Å²) in [4.78, 5) is 10.9. The average Bonchev–Trinajstić information content (AvgIpc) is 2.41. The third-order valence-electron chi connectivity index (χ3n) is 3.19. The third kappa shape index (κ3) is 1.12. The third-order valence-corrected chi connectivity index (χ3v) is 3.19. The average molecular weight is 177 g/mol. The van der Waals surface area contributed by atoms with Crippen LogP contribution in [0.25, 0.3) is 0 Å². The molecule has 70 valence electrons. The van der Waals surface area contributed by atoms with Gasteiger partial charge < -0.3 is 4.57 Å². The molecular formula is C11H15NO. The van der Waals surface area contributed by atoms with Crippen molar-refractivity contribution in [1.82, 2.24) is 4.57 Å². The molecule has 1 heterocycles. The highest BCUT2D eigenvalue weighted by Crippen LogP contribution is 2.28. The Hall–Kier alpha value is -1.05. The molecule has 2 rings (SSSR count). The number of aldehydes is 1. The van der Waals surface area contributed by atoms with Gasteiger partial charge >= 0.3 is 0 Å². The molecule has 13 heavy (non-hydrogen) atoms. The van der Waals surface area contributed by atoms with Gasteiger partial charge in [-0.2, -0.15) is 0 Å². The van der Waals surface area contributed by atoms with Crippen molar-refractivity contribution in [2.75, 3.05) is 0 Å². The van der Waals surface area contributed by atoms with Gasteiger partial charge in [-0.15, -0.1) is 0 Å². The Labute approximate surface area is 78.6 Å². The molecule has 2 heteroatoms. The molecule has 1 aromatic rings.